The van der Waals surface area contributed by atoms with Crippen LogP contribution in [0, 0.1) is 18.7 Å². The third kappa shape index (κ3) is 7.23. The first kappa shape index (κ1) is 32.7. The molecule has 2 aromatic heterocycles. The number of rotatable bonds is 13. The average molecular weight is 633 g/mol. The number of aromatic carboxylic acids is 1. The maximum Gasteiger partial charge on any atom is 0.341 e. The Hall–Kier alpha value is -4.71. The first-order valence-corrected chi connectivity index (χ1v) is 15.8. The Morgan fingerprint density at radius 3 is 2.59 bits per heavy atom. The van der Waals surface area contributed by atoms with Gasteiger partial charge >= 0.3 is 11.7 Å². The molecule has 1 unspecified atom stereocenters. The highest BCUT2D eigenvalue weighted by molar-refractivity contribution is 5.93. The number of hydrogen-bond acceptors (Lipinski definition) is 7. The fourth-order valence-corrected chi connectivity index (χ4v) is 6.19. The summed E-state index contributed by atoms with van der Waals surface area (Å²) in [7, 11) is 0. The van der Waals surface area contributed by atoms with Gasteiger partial charge < -0.3 is 25.2 Å². The molecule has 4 N–H and O–H groups in total. The number of fused-ring (bicyclic) bond motifs is 1. The largest absolute Gasteiger partial charge is 0.477 e. The fourth-order valence-electron chi connectivity index (χ4n) is 6.19. The normalized spacial score (nSPS) is 15.0. The number of halogens is 1. The maximum absolute atomic E-state index is 15.0. The minimum absolute atomic E-state index is 0.0430. The Kier molecular flexibility index (Phi) is 10.1. The van der Waals surface area contributed by atoms with Gasteiger partial charge in [0.1, 0.15) is 17.2 Å². The molecule has 0 saturated carbocycles. The summed E-state index contributed by atoms with van der Waals surface area (Å²) in [5.41, 5.74) is 2.10. The Morgan fingerprint density at radius 2 is 1.87 bits per heavy atom. The van der Waals surface area contributed by atoms with Crippen LogP contribution in [0.15, 0.2) is 57.0 Å². The molecule has 0 radical (unpaired) electrons. The van der Waals surface area contributed by atoms with Crippen LogP contribution in [-0.2, 0) is 19.5 Å². The zero-order valence-corrected chi connectivity index (χ0v) is 26.5. The number of nitrogens with zero attached hydrogens (tertiary/aromatic N) is 3. The minimum atomic E-state index is -1.34. The highest BCUT2D eigenvalue weighted by atomic mass is 19.1. The Balaban J connectivity index is 1.11. The van der Waals surface area contributed by atoms with Gasteiger partial charge in [0.2, 0.25) is 5.43 Å². The van der Waals surface area contributed by atoms with Crippen molar-refractivity contribution in [3.05, 3.63) is 96.2 Å². The monoisotopic (exact) mass is 632 g/mol. The van der Waals surface area contributed by atoms with Crippen molar-refractivity contribution in [2.24, 2.45) is 5.92 Å². The number of pyridine rings is 1. The number of aryl methyl sites for hydroxylation is 3. The number of carboxylic acid groups (broad SMARTS) is 1. The molecule has 1 aliphatic heterocycles. The van der Waals surface area contributed by atoms with Crippen molar-refractivity contribution in [2.45, 2.75) is 59.5 Å². The molecule has 0 aliphatic carbocycles. The van der Waals surface area contributed by atoms with Gasteiger partial charge in [-0.05, 0) is 93.9 Å². The third-order valence-corrected chi connectivity index (χ3v) is 8.83. The molecule has 1 fully saturated rings. The molecule has 244 valence electrons. The summed E-state index contributed by atoms with van der Waals surface area (Å²) in [5, 5.41) is 15.7. The Bertz CT molecular complexity index is 1900. The Labute approximate surface area is 265 Å². The number of carboxylic acids is 1. The van der Waals surface area contributed by atoms with Gasteiger partial charge in [0.05, 0.1) is 11.2 Å². The van der Waals surface area contributed by atoms with Crippen molar-refractivity contribution in [1.29, 1.82) is 0 Å². The topological polar surface area (TPSA) is 141 Å². The van der Waals surface area contributed by atoms with Crippen LogP contribution in [0.3, 0.4) is 0 Å². The number of anilines is 3. The van der Waals surface area contributed by atoms with Crippen molar-refractivity contribution in [3.63, 3.8) is 0 Å². The molecule has 0 bridgehead atoms. The summed E-state index contributed by atoms with van der Waals surface area (Å²) >= 11 is 0. The number of H-pyrrole nitrogens is 1. The lowest BCUT2D eigenvalue weighted by atomic mass is 10.1. The molecular weight excluding hydrogens is 591 g/mol. The van der Waals surface area contributed by atoms with Crippen molar-refractivity contribution in [3.8, 4) is 0 Å². The number of unbranched alkanes of at least 4 members (excludes halogenated alkanes) is 1. The molecule has 12 heteroatoms. The molecule has 1 aliphatic rings. The lowest BCUT2D eigenvalue weighted by Gasteiger charge is -2.17. The van der Waals surface area contributed by atoms with Crippen molar-refractivity contribution >= 4 is 34.1 Å². The van der Waals surface area contributed by atoms with Crippen LogP contribution in [0.4, 0.5) is 21.6 Å². The van der Waals surface area contributed by atoms with Crippen molar-refractivity contribution in [2.75, 3.05) is 36.8 Å². The van der Waals surface area contributed by atoms with Gasteiger partial charge in [-0.1, -0.05) is 13.0 Å². The zero-order chi connectivity index (χ0) is 33.0. The van der Waals surface area contributed by atoms with Gasteiger partial charge in [-0.25, -0.2) is 14.0 Å². The molecular formula is C34H41FN6O5. The van der Waals surface area contributed by atoms with Crippen LogP contribution in [0.5, 0.6) is 0 Å². The third-order valence-electron chi connectivity index (χ3n) is 8.83. The number of aromatic amines is 1. The molecule has 5 rings (SSSR count). The van der Waals surface area contributed by atoms with Crippen LogP contribution in [-0.4, -0.2) is 56.3 Å². The number of benzene rings is 2. The highest BCUT2D eigenvalue weighted by Gasteiger charge is 2.23. The maximum atomic E-state index is 15.0. The van der Waals surface area contributed by atoms with E-state index in [1.165, 1.54) is 28.0 Å². The van der Waals surface area contributed by atoms with E-state index in [1.807, 2.05) is 25.1 Å². The van der Waals surface area contributed by atoms with Gasteiger partial charge in [0, 0.05) is 49.5 Å². The van der Waals surface area contributed by atoms with Gasteiger partial charge in [0.25, 0.3) is 5.56 Å². The van der Waals surface area contributed by atoms with Crippen LogP contribution in [0.1, 0.15) is 54.6 Å². The summed E-state index contributed by atoms with van der Waals surface area (Å²) in [6.45, 7) is 9.84. The number of aromatic nitrogens is 3. The number of likely N-dealkylation sites (tertiary alicyclic amines) is 1. The zero-order valence-electron chi connectivity index (χ0n) is 26.5. The summed E-state index contributed by atoms with van der Waals surface area (Å²) in [4.78, 5) is 54.6. The second-order valence-electron chi connectivity index (χ2n) is 12.0. The van der Waals surface area contributed by atoms with E-state index >= 15 is 0 Å². The van der Waals surface area contributed by atoms with E-state index in [9.17, 15) is 28.7 Å². The fraction of sp³-hybridized carbons (Fsp3) is 0.412. The Morgan fingerprint density at radius 1 is 1.09 bits per heavy atom. The van der Waals surface area contributed by atoms with E-state index in [1.54, 1.807) is 10.6 Å². The van der Waals surface area contributed by atoms with E-state index in [0.29, 0.717) is 43.3 Å². The van der Waals surface area contributed by atoms with Crippen LogP contribution in [0.25, 0.3) is 10.9 Å². The molecule has 46 heavy (non-hydrogen) atoms. The van der Waals surface area contributed by atoms with E-state index in [0.717, 1.165) is 50.7 Å². The SMILES string of the molecule is CCc1cc(Nc2cc(=O)n(CCCCN3CCC(CNc4cc5c(cc4F)c(=O)c(C(=O)O)cn5CC)C3)c(=O)[nH]2)ccc1C. The second-order valence-corrected chi connectivity index (χ2v) is 12.0. The molecule has 1 saturated heterocycles. The van der Waals surface area contributed by atoms with E-state index < -0.39 is 22.9 Å². The first-order chi connectivity index (χ1) is 22.1. The smallest absolute Gasteiger partial charge is 0.341 e. The molecule has 1 atom stereocenters. The van der Waals surface area contributed by atoms with Gasteiger partial charge in [-0.3, -0.25) is 19.1 Å². The van der Waals surface area contributed by atoms with E-state index in [-0.39, 0.29) is 22.2 Å². The first-order valence-electron chi connectivity index (χ1n) is 15.8. The predicted octanol–water partition coefficient (Wildman–Crippen LogP) is 4.54. The molecule has 3 heterocycles. The van der Waals surface area contributed by atoms with Crippen molar-refractivity contribution in [1.82, 2.24) is 19.0 Å². The van der Waals surface area contributed by atoms with Gasteiger partial charge in [0.15, 0.2) is 0 Å². The molecule has 11 nitrogen and oxygen atoms in total. The van der Waals surface area contributed by atoms with E-state index in [2.05, 4.69) is 34.4 Å². The summed E-state index contributed by atoms with van der Waals surface area (Å²) < 4.78 is 17.8. The predicted molar refractivity (Wildman–Crippen MR) is 178 cm³/mol. The number of carbonyl (C=O) groups is 1. The quantitative estimate of drug-likeness (QED) is 0.158. The standard InChI is InChI=1S/C34H41FN6O5/c1-4-23-14-24(9-8-21(23)3)37-30-17-31(42)41(34(46)38-30)12-7-6-11-39-13-10-22(19-39)18-36-28-16-29-25(15-27(28)35)32(43)26(33(44)45)20-40(29)5-2/h8-9,14-17,20,22,36-37H,4-7,10-13,18-19H2,1-3H3,(H,38,46)(H,44,45). The van der Waals surface area contributed by atoms with Gasteiger partial charge in [-0.15, -0.1) is 0 Å². The summed E-state index contributed by atoms with van der Waals surface area (Å²) in [6.07, 6.45) is 4.64. The highest BCUT2D eigenvalue weighted by Crippen LogP contribution is 2.24. The van der Waals surface area contributed by atoms with Crippen LogP contribution < -0.4 is 27.3 Å². The van der Waals surface area contributed by atoms with Crippen LogP contribution in [0.2, 0.25) is 0 Å². The van der Waals surface area contributed by atoms with Crippen LogP contribution >= 0.6 is 0 Å². The second kappa shape index (κ2) is 14.2. The molecule has 2 aromatic carbocycles. The summed E-state index contributed by atoms with van der Waals surface area (Å²) in [5.74, 6) is -1.27. The number of hydrogen-bond donors (Lipinski definition) is 4. The molecule has 0 spiro atoms. The van der Waals surface area contributed by atoms with Crippen molar-refractivity contribution < 1.29 is 14.3 Å². The summed E-state index contributed by atoms with van der Waals surface area (Å²) in [6, 6.07) is 10.1. The minimum Gasteiger partial charge on any atom is -0.477 e. The number of nitrogens with one attached hydrogen (secondary N) is 3. The molecule has 0 amide bonds. The lowest BCUT2D eigenvalue weighted by Crippen LogP contribution is -2.35. The van der Waals surface area contributed by atoms with Gasteiger partial charge in [-0.2, -0.15) is 0 Å². The molecule has 4 aromatic rings. The lowest BCUT2D eigenvalue weighted by molar-refractivity contribution is 0.0695. The van der Waals surface area contributed by atoms with E-state index in [4.69, 9.17) is 0 Å². The average Bonchev–Trinajstić information content (AvgIpc) is 3.48.